The van der Waals surface area contributed by atoms with Gasteiger partial charge in [0.15, 0.2) is 0 Å². The molecule has 6 nitrogen and oxygen atoms in total. The van der Waals surface area contributed by atoms with Crippen molar-refractivity contribution in [1.29, 1.82) is 0 Å². The molecule has 4 rings (SSSR count). The Hall–Kier alpha value is -3.07. The molecule has 1 aliphatic rings. The molecule has 1 aliphatic heterocycles. The average molecular weight is 496 g/mol. The number of sulfonamides is 1. The fourth-order valence-electron chi connectivity index (χ4n) is 4.45. The van der Waals surface area contributed by atoms with E-state index in [4.69, 9.17) is 0 Å². The first-order chi connectivity index (χ1) is 16.8. The van der Waals surface area contributed by atoms with Gasteiger partial charge in [0.1, 0.15) is 5.82 Å². The Labute approximate surface area is 206 Å². The standard InChI is InChI=1S/C27H30FN3O3S/c1-35(33,34)31(20-22-12-14-25(28)15-13-22)21-26(32)29-16-18-30(19-17-29)27(23-8-4-2-5-9-23)24-10-6-3-7-11-24/h2-15,27H,16-21H2,1H3. The second kappa shape index (κ2) is 11.1. The fourth-order valence-corrected chi connectivity index (χ4v) is 5.18. The van der Waals surface area contributed by atoms with Crippen LogP contribution in [0.15, 0.2) is 84.9 Å². The number of carbonyl (C=O) groups excluding carboxylic acids is 1. The van der Waals surface area contributed by atoms with Crippen LogP contribution in [0.3, 0.4) is 0 Å². The van der Waals surface area contributed by atoms with Gasteiger partial charge in [-0.3, -0.25) is 9.69 Å². The predicted octanol–water partition coefficient (Wildman–Crippen LogP) is 3.52. The van der Waals surface area contributed by atoms with E-state index in [1.54, 1.807) is 4.90 Å². The molecule has 35 heavy (non-hydrogen) atoms. The average Bonchev–Trinajstić information content (AvgIpc) is 2.86. The summed E-state index contributed by atoms with van der Waals surface area (Å²) < 4.78 is 39.1. The molecule has 0 spiro atoms. The van der Waals surface area contributed by atoms with E-state index in [0.717, 1.165) is 10.6 Å². The van der Waals surface area contributed by atoms with Gasteiger partial charge in [-0.25, -0.2) is 12.8 Å². The molecular formula is C27H30FN3O3S. The molecule has 0 radical (unpaired) electrons. The summed E-state index contributed by atoms with van der Waals surface area (Å²) in [5, 5.41) is 0. The van der Waals surface area contributed by atoms with Gasteiger partial charge in [-0.1, -0.05) is 72.8 Å². The molecule has 0 N–H and O–H groups in total. The Balaban J connectivity index is 1.43. The van der Waals surface area contributed by atoms with Gasteiger partial charge in [0.05, 0.1) is 18.8 Å². The van der Waals surface area contributed by atoms with Crippen molar-refractivity contribution in [3.05, 3.63) is 107 Å². The third kappa shape index (κ3) is 6.54. The third-order valence-electron chi connectivity index (χ3n) is 6.32. The van der Waals surface area contributed by atoms with Crippen LogP contribution in [0.2, 0.25) is 0 Å². The molecular weight excluding hydrogens is 465 g/mol. The van der Waals surface area contributed by atoms with E-state index >= 15 is 0 Å². The highest BCUT2D eigenvalue weighted by atomic mass is 32.2. The first-order valence-corrected chi connectivity index (χ1v) is 13.5. The lowest BCUT2D eigenvalue weighted by Crippen LogP contribution is -2.52. The fraction of sp³-hybridized carbons (Fsp3) is 0.296. The zero-order valence-electron chi connectivity index (χ0n) is 19.8. The number of nitrogens with zero attached hydrogens (tertiary/aromatic N) is 3. The van der Waals surface area contributed by atoms with Gasteiger partial charge in [0, 0.05) is 32.7 Å². The van der Waals surface area contributed by atoms with Crippen LogP contribution >= 0.6 is 0 Å². The highest BCUT2D eigenvalue weighted by Gasteiger charge is 2.30. The van der Waals surface area contributed by atoms with Gasteiger partial charge in [0.25, 0.3) is 0 Å². The lowest BCUT2D eigenvalue weighted by atomic mass is 9.96. The number of benzene rings is 3. The zero-order valence-corrected chi connectivity index (χ0v) is 20.6. The Morgan fingerprint density at radius 1 is 0.857 bits per heavy atom. The molecule has 1 heterocycles. The Kier molecular flexibility index (Phi) is 7.95. The van der Waals surface area contributed by atoms with Crippen molar-refractivity contribution in [3.63, 3.8) is 0 Å². The molecule has 0 aliphatic carbocycles. The molecule has 8 heteroatoms. The van der Waals surface area contributed by atoms with Crippen LogP contribution in [0.1, 0.15) is 22.7 Å². The van der Waals surface area contributed by atoms with E-state index in [-0.39, 0.29) is 25.0 Å². The molecule has 1 saturated heterocycles. The Bertz CT molecular complexity index is 1170. The topological polar surface area (TPSA) is 60.9 Å². The second-order valence-electron chi connectivity index (χ2n) is 8.80. The molecule has 3 aromatic carbocycles. The normalized spacial score (nSPS) is 15.0. The summed E-state index contributed by atoms with van der Waals surface area (Å²) in [6, 6.07) is 26.3. The smallest absolute Gasteiger partial charge is 0.237 e. The monoisotopic (exact) mass is 495 g/mol. The molecule has 0 unspecified atom stereocenters. The Morgan fingerprint density at radius 2 is 1.37 bits per heavy atom. The number of amides is 1. The SMILES string of the molecule is CS(=O)(=O)N(CC(=O)N1CCN(C(c2ccccc2)c2ccccc2)CC1)Cc1ccc(F)cc1. The Morgan fingerprint density at radius 3 is 1.86 bits per heavy atom. The second-order valence-corrected chi connectivity index (χ2v) is 10.8. The maximum atomic E-state index is 13.2. The first-order valence-electron chi connectivity index (χ1n) is 11.6. The van der Waals surface area contributed by atoms with Crippen LogP contribution in [0.25, 0.3) is 0 Å². The summed E-state index contributed by atoms with van der Waals surface area (Å²) >= 11 is 0. The van der Waals surface area contributed by atoms with E-state index in [1.807, 2.05) is 36.4 Å². The van der Waals surface area contributed by atoms with Crippen LogP contribution < -0.4 is 0 Å². The minimum Gasteiger partial charge on any atom is -0.339 e. The van der Waals surface area contributed by atoms with Crippen molar-refractivity contribution < 1.29 is 17.6 Å². The van der Waals surface area contributed by atoms with Crippen LogP contribution in [0, 0.1) is 5.82 Å². The third-order valence-corrected chi connectivity index (χ3v) is 7.51. The van der Waals surface area contributed by atoms with Gasteiger partial charge < -0.3 is 4.90 Å². The van der Waals surface area contributed by atoms with Crippen LogP contribution in [-0.4, -0.2) is 67.4 Å². The highest BCUT2D eigenvalue weighted by Crippen LogP contribution is 2.29. The summed E-state index contributed by atoms with van der Waals surface area (Å²) in [5.41, 5.74) is 3.02. The molecule has 1 amide bonds. The van der Waals surface area contributed by atoms with Gasteiger partial charge in [-0.15, -0.1) is 0 Å². The van der Waals surface area contributed by atoms with Crippen molar-refractivity contribution in [2.75, 3.05) is 39.0 Å². The number of carbonyl (C=O) groups is 1. The largest absolute Gasteiger partial charge is 0.339 e. The van der Waals surface area contributed by atoms with Crippen molar-refractivity contribution in [1.82, 2.24) is 14.1 Å². The number of piperazine rings is 1. The lowest BCUT2D eigenvalue weighted by molar-refractivity contribution is -0.133. The molecule has 0 aromatic heterocycles. The van der Waals surface area contributed by atoms with E-state index in [2.05, 4.69) is 29.2 Å². The van der Waals surface area contributed by atoms with E-state index < -0.39 is 15.8 Å². The summed E-state index contributed by atoms with van der Waals surface area (Å²) in [5.74, 6) is -0.619. The maximum Gasteiger partial charge on any atom is 0.237 e. The van der Waals surface area contributed by atoms with Crippen LogP contribution in [-0.2, 0) is 21.4 Å². The summed E-state index contributed by atoms with van der Waals surface area (Å²) in [6.07, 6.45) is 1.09. The molecule has 0 bridgehead atoms. The van der Waals surface area contributed by atoms with Crippen molar-refractivity contribution in [2.24, 2.45) is 0 Å². The van der Waals surface area contributed by atoms with Gasteiger partial charge in [-0.2, -0.15) is 4.31 Å². The highest BCUT2D eigenvalue weighted by molar-refractivity contribution is 7.88. The van der Waals surface area contributed by atoms with Crippen molar-refractivity contribution in [2.45, 2.75) is 12.6 Å². The number of hydrogen-bond acceptors (Lipinski definition) is 4. The molecule has 0 atom stereocenters. The molecule has 184 valence electrons. The number of rotatable bonds is 8. The zero-order chi connectivity index (χ0) is 24.8. The number of halogens is 1. The van der Waals surface area contributed by atoms with Crippen LogP contribution in [0.4, 0.5) is 4.39 Å². The van der Waals surface area contributed by atoms with E-state index in [1.165, 1.54) is 35.4 Å². The molecule has 1 fully saturated rings. The molecule has 0 saturated carbocycles. The maximum absolute atomic E-state index is 13.2. The van der Waals surface area contributed by atoms with Crippen LogP contribution in [0.5, 0.6) is 0 Å². The summed E-state index contributed by atoms with van der Waals surface area (Å²) in [6.45, 7) is 2.17. The molecule has 3 aromatic rings. The van der Waals surface area contributed by atoms with Gasteiger partial charge in [0.2, 0.25) is 15.9 Å². The van der Waals surface area contributed by atoms with Crippen molar-refractivity contribution >= 4 is 15.9 Å². The minimum absolute atomic E-state index is 0.0227. The number of hydrogen-bond donors (Lipinski definition) is 0. The summed E-state index contributed by atoms with van der Waals surface area (Å²) in [4.78, 5) is 17.1. The summed E-state index contributed by atoms with van der Waals surface area (Å²) in [7, 11) is -3.62. The van der Waals surface area contributed by atoms with E-state index in [9.17, 15) is 17.6 Å². The minimum atomic E-state index is -3.62. The van der Waals surface area contributed by atoms with Gasteiger partial charge in [-0.05, 0) is 28.8 Å². The van der Waals surface area contributed by atoms with Crippen molar-refractivity contribution in [3.8, 4) is 0 Å². The van der Waals surface area contributed by atoms with Gasteiger partial charge >= 0.3 is 0 Å². The quantitative estimate of drug-likeness (QED) is 0.480. The lowest BCUT2D eigenvalue weighted by Gasteiger charge is -2.40. The van der Waals surface area contributed by atoms with E-state index in [0.29, 0.717) is 31.7 Å². The predicted molar refractivity (Wildman–Crippen MR) is 135 cm³/mol. The first kappa shape index (κ1) is 25.0.